The fourth-order valence-electron chi connectivity index (χ4n) is 4.46. The zero-order chi connectivity index (χ0) is 24.1. The molecule has 0 amide bonds. The van der Waals surface area contributed by atoms with Gasteiger partial charge in [-0.1, -0.05) is 23.4 Å². The van der Waals surface area contributed by atoms with Crippen molar-refractivity contribution in [3.8, 4) is 17.6 Å². The Morgan fingerprint density at radius 2 is 2.18 bits per heavy atom. The van der Waals surface area contributed by atoms with E-state index in [1.54, 1.807) is 36.6 Å². The minimum Gasteiger partial charge on any atom is -0.497 e. The standard InChI is InChI=1S/C26H26ClFN2O3S/c1-33-19-4-5-23-20(15-19)24(21(27)16-29-23)22(28)6-8-26(25(31)32)9-12-30(13-10-26)11-2-3-18-7-14-34-17-18/h4-5,7,14-17,22H,6,8-13H2,1H3,(H,31,32). The number of hydrogen-bond donors (Lipinski definition) is 1. The molecule has 0 aliphatic carbocycles. The van der Waals surface area contributed by atoms with Crippen LogP contribution in [-0.2, 0) is 4.79 Å². The number of alkyl halides is 1. The SMILES string of the molecule is COc1ccc2ncc(Cl)c(C(F)CCC3(C(=O)O)CCN(CC#Cc4ccsc4)CC3)c2c1. The van der Waals surface area contributed by atoms with Gasteiger partial charge in [0.25, 0.3) is 0 Å². The molecule has 0 spiro atoms. The summed E-state index contributed by atoms with van der Waals surface area (Å²) in [5, 5.41) is 14.8. The minimum atomic E-state index is -1.41. The lowest BCUT2D eigenvalue weighted by molar-refractivity contribution is -0.152. The normalized spacial score (nSPS) is 16.6. The van der Waals surface area contributed by atoms with Crippen LogP contribution in [0.1, 0.15) is 43.0 Å². The van der Waals surface area contributed by atoms with Crippen LogP contribution < -0.4 is 4.74 Å². The van der Waals surface area contributed by atoms with E-state index in [-0.39, 0.29) is 17.9 Å². The summed E-state index contributed by atoms with van der Waals surface area (Å²) in [5.74, 6) is 6.01. The van der Waals surface area contributed by atoms with E-state index in [0.29, 0.717) is 54.7 Å². The number of benzene rings is 1. The molecule has 34 heavy (non-hydrogen) atoms. The largest absolute Gasteiger partial charge is 0.497 e. The number of pyridine rings is 1. The van der Waals surface area contributed by atoms with E-state index in [1.807, 2.05) is 16.8 Å². The van der Waals surface area contributed by atoms with Crippen LogP contribution in [0.5, 0.6) is 5.75 Å². The predicted molar refractivity (Wildman–Crippen MR) is 133 cm³/mol. The minimum absolute atomic E-state index is 0.0697. The van der Waals surface area contributed by atoms with Crippen molar-refractivity contribution in [2.75, 3.05) is 26.7 Å². The number of thiophene rings is 1. The van der Waals surface area contributed by atoms with Crippen LogP contribution in [0, 0.1) is 17.3 Å². The van der Waals surface area contributed by atoms with E-state index < -0.39 is 17.6 Å². The molecule has 2 aromatic heterocycles. The Balaban J connectivity index is 1.43. The number of carboxylic acids is 1. The van der Waals surface area contributed by atoms with Gasteiger partial charge >= 0.3 is 5.97 Å². The second-order valence-electron chi connectivity index (χ2n) is 8.58. The van der Waals surface area contributed by atoms with Crippen LogP contribution in [0.3, 0.4) is 0 Å². The Bertz CT molecular complexity index is 1210. The van der Waals surface area contributed by atoms with Crippen molar-refractivity contribution in [3.05, 3.63) is 57.4 Å². The average molecular weight is 501 g/mol. The molecule has 3 aromatic rings. The fraction of sp³-hybridized carbons (Fsp3) is 0.385. The molecule has 1 unspecified atom stereocenters. The highest BCUT2D eigenvalue weighted by atomic mass is 35.5. The Morgan fingerprint density at radius 3 is 2.85 bits per heavy atom. The van der Waals surface area contributed by atoms with E-state index >= 15 is 4.39 Å². The number of methoxy groups -OCH3 is 1. The highest BCUT2D eigenvalue weighted by molar-refractivity contribution is 7.08. The zero-order valence-electron chi connectivity index (χ0n) is 18.9. The topological polar surface area (TPSA) is 62.7 Å². The van der Waals surface area contributed by atoms with Gasteiger partial charge in [-0.2, -0.15) is 11.3 Å². The molecule has 1 aliphatic rings. The van der Waals surface area contributed by atoms with Gasteiger partial charge in [-0.25, -0.2) is 4.39 Å². The summed E-state index contributed by atoms with van der Waals surface area (Å²) in [6, 6.07) is 7.22. The van der Waals surface area contributed by atoms with Crippen molar-refractivity contribution in [2.45, 2.75) is 31.9 Å². The maximum Gasteiger partial charge on any atom is 0.309 e. The van der Waals surface area contributed by atoms with Gasteiger partial charge in [0.1, 0.15) is 11.9 Å². The fourth-order valence-corrected chi connectivity index (χ4v) is 5.32. The average Bonchev–Trinajstić information content (AvgIpc) is 3.36. The van der Waals surface area contributed by atoms with E-state index in [4.69, 9.17) is 16.3 Å². The molecule has 5 nitrogen and oxygen atoms in total. The molecule has 4 rings (SSSR count). The summed E-state index contributed by atoms with van der Waals surface area (Å²) in [5.41, 5.74) is 1.00. The van der Waals surface area contributed by atoms with Crippen LogP contribution in [0.15, 0.2) is 41.2 Å². The third kappa shape index (κ3) is 5.35. The van der Waals surface area contributed by atoms with Crippen LogP contribution >= 0.6 is 22.9 Å². The van der Waals surface area contributed by atoms with E-state index in [2.05, 4.69) is 21.7 Å². The molecule has 1 aromatic carbocycles. The van der Waals surface area contributed by atoms with Gasteiger partial charge in [0.2, 0.25) is 0 Å². The molecule has 1 N–H and O–H groups in total. The van der Waals surface area contributed by atoms with Gasteiger partial charge in [-0.15, -0.1) is 0 Å². The summed E-state index contributed by atoms with van der Waals surface area (Å²) in [6.45, 7) is 1.84. The molecule has 3 heterocycles. The lowest BCUT2D eigenvalue weighted by Gasteiger charge is -2.38. The summed E-state index contributed by atoms with van der Waals surface area (Å²) in [4.78, 5) is 18.7. The van der Waals surface area contributed by atoms with Crippen molar-refractivity contribution in [3.63, 3.8) is 0 Å². The zero-order valence-corrected chi connectivity index (χ0v) is 20.5. The smallest absolute Gasteiger partial charge is 0.309 e. The molecule has 178 valence electrons. The van der Waals surface area contributed by atoms with E-state index in [9.17, 15) is 9.90 Å². The number of rotatable bonds is 7. The van der Waals surface area contributed by atoms with Gasteiger partial charge in [0.15, 0.2) is 0 Å². The number of aromatic nitrogens is 1. The van der Waals surface area contributed by atoms with Crippen molar-refractivity contribution < 1.29 is 19.0 Å². The summed E-state index contributed by atoms with van der Waals surface area (Å²) >= 11 is 7.95. The number of fused-ring (bicyclic) bond motifs is 1. The summed E-state index contributed by atoms with van der Waals surface area (Å²) < 4.78 is 20.8. The number of aliphatic carboxylic acids is 1. The van der Waals surface area contributed by atoms with Gasteiger partial charge < -0.3 is 9.84 Å². The Kier molecular flexibility index (Phi) is 7.72. The molecule has 0 saturated carbocycles. The van der Waals surface area contributed by atoms with Crippen molar-refractivity contribution in [1.29, 1.82) is 0 Å². The predicted octanol–water partition coefficient (Wildman–Crippen LogP) is 5.97. The number of carboxylic acid groups (broad SMARTS) is 1. The van der Waals surface area contributed by atoms with Gasteiger partial charge in [-0.05, 0) is 55.3 Å². The van der Waals surface area contributed by atoms with Gasteiger partial charge in [-0.3, -0.25) is 14.7 Å². The molecular formula is C26H26ClFN2O3S. The molecule has 1 saturated heterocycles. The van der Waals surface area contributed by atoms with Crippen LogP contribution in [-0.4, -0.2) is 47.7 Å². The van der Waals surface area contributed by atoms with E-state index in [1.165, 1.54) is 6.20 Å². The Labute approximate surface area is 207 Å². The summed E-state index contributed by atoms with van der Waals surface area (Å²) in [7, 11) is 1.54. The number of carbonyl (C=O) groups is 1. The Hall–Kier alpha value is -2.66. The lowest BCUT2D eigenvalue weighted by atomic mass is 9.74. The first-order valence-electron chi connectivity index (χ1n) is 11.1. The van der Waals surface area contributed by atoms with Gasteiger partial charge in [0.05, 0.1) is 29.6 Å². The van der Waals surface area contributed by atoms with Crippen LogP contribution in [0.2, 0.25) is 5.02 Å². The number of hydrogen-bond acceptors (Lipinski definition) is 5. The highest BCUT2D eigenvalue weighted by Gasteiger charge is 2.41. The number of likely N-dealkylation sites (tertiary alicyclic amines) is 1. The highest BCUT2D eigenvalue weighted by Crippen LogP contribution is 2.42. The number of halogens is 2. The maximum atomic E-state index is 15.6. The first-order chi connectivity index (χ1) is 16.4. The Morgan fingerprint density at radius 1 is 1.38 bits per heavy atom. The third-order valence-corrected chi connectivity index (χ3v) is 7.57. The van der Waals surface area contributed by atoms with Crippen molar-refractivity contribution in [2.24, 2.45) is 5.41 Å². The quantitative estimate of drug-likeness (QED) is 0.405. The first kappa shape index (κ1) is 24.5. The van der Waals surface area contributed by atoms with Crippen molar-refractivity contribution in [1.82, 2.24) is 9.88 Å². The molecular weight excluding hydrogens is 475 g/mol. The van der Waals surface area contributed by atoms with Gasteiger partial charge in [0, 0.05) is 41.2 Å². The maximum absolute atomic E-state index is 15.6. The molecule has 1 aliphatic heterocycles. The van der Waals surface area contributed by atoms with Crippen LogP contribution in [0.4, 0.5) is 4.39 Å². The second kappa shape index (κ2) is 10.7. The number of nitrogens with zero attached hydrogens (tertiary/aromatic N) is 2. The molecule has 1 fully saturated rings. The number of piperidine rings is 1. The van der Waals surface area contributed by atoms with Crippen molar-refractivity contribution >= 4 is 39.8 Å². The first-order valence-corrected chi connectivity index (χ1v) is 12.5. The molecule has 8 heteroatoms. The third-order valence-electron chi connectivity index (χ3n) is 6.58. The van der Waals surface area contributed by atoms with Crippen LogP contribution in [0.25, 0.3) is 10.9 Å². The second-order valence-corrected chi connectivity index (χ2v) is 9.77. The molecule has 1 atom stereocenters. The van der Waals surface area contributed by atoms with E-state index in [0.717, 1.165) is 5.56 Å². The molecule has 0 radical (unpaired) electrons. The summed E-state index contributed by atoms with van der Waals surface area (Å²) in [6.07, 6.45) is 1.28. The number of ether oxygens (including phenoxy) is 1. The molecule has 0 bridgehead atoms. The lowest BCUT2D eigenvalue weighted by Crippen LogP contribution is -2.44. The monoisotopic (exact) mass is 500 g/mol.